The standard InChI is InChI=1S/C21H24N4O3/c1-27-16-4-5-18-19(11-16)23-8-6-20(18)28-17-7-10-24(13-17)14-21(26)25-9-2-3-15(25)12-22/h4-6,8,11,15,17H,2-3,7,9-10,13-14H2,1H3. The number of ether oxygens (including phenoxy) is 2. The van der Waals surface area contributed by atoms with Crippen molar-refractivity contribution in [1.82, 2.24) is 14.8 Å². The van der Waals surface area contributed by atoms with E-state index in [-0.39, 0.29) is 18.1 Å². The van der Waals surface area contributed by atoms with Crippen LogP contribution in [-0.2, 0) is 4.79 Å². The van der Waals surface area contributed by atoms with Crippen LogP contribution in [0.15, 0.2) is 30.5 Å². The Balaban J connectivity index is 1.38. The molecule has 2 aromatic rings. The molecule has 2 aliphatic rings. The Kier molecular flexibility index (Phi) is 5.31. The van der Waals surface area contributed by atoms with Gasteiger partial charge in [0.1, 0.15) is 23.6 Å². The number of nitriles is 1. The van der Waals surface area contributed by atoms with Crippen molar-refractivity contribution in [1.29, 1.82) is 5.26 Å². The highest BCUT2D eigenvalue weighted by Crippen LogP contribution is 2.29. The molecule has 1 aromatic carbocycles. The Bertz CT molecular complexity index is 910. The number of likely N-dealkylation sites (tertiary alicyclic amines) is 2. The first-order valence-electron chi connectivity index (χ1n) is 9.69. The first-order chi connectivity index (χ1) is 13.7. The van der Waals surface area contributed by atoms with Crippen LogP contribution in [0.4, 0.5) is 0 Å². The summed E-state index contributed by atoms with van der Waals surface area (Å²) in [7, 11) is 1.64. The third-order valence-electron chi connectivity index (χ3n) is 5.51. The van der Waals surface area contributed by atoms with Gasteiger partial charge in [0.2, 0.25) is 5.91 Å². The van der Waals surface area contributed by atoms with Gasteiger partial charge in [-0.15, -0.1) is 0 Å². The van der Waals surface area contributed by atoms with Crippen LogP contribution in [-0.4, -0.2) is 66.1 Å². The number of fused-ring (bicyclic) bond motifs is 1. The summed E-state index contributed by atoms with van der Waals surface area (Å²) in [5, 5.41) is 10.1. The lowest BCUT2D eigenvalue weighted by Crippen LogP contribution is -2.42. The molecule has 1 aromatic heterocycles. The number of pyridine rings is 1. The van der Waals surface area contributed by atoms with E-state index in [1.807, 2.05) is 24.3 Å². The van der Waals surface area contributed by atoms with Crippen LogP contribution in [0.1, 0.15) is 19.3 Å². The van der Waals surface area contributed by atoms with E-state index in [9.17, 15) is 10.1 Å². The Morgan fingerprint density at radius 2 is 2.21 bits per heavy atom. The number of rotatable bonds is 5. The van der Waals surface area contributed by atoms with Crippen LogP contribution in [0, 0.1) is 11.3 Å². The molecular formula is C21H24N4O3. The number of amides is 1. The highest BCUT2D eigenvalue weighted by molar-refractivity contribution is 5.86. The number of benzene rings is 1. The quantitative estimate of drug-likeness (QED) is 0.791. The molecule has 4 rings (SSSR count). The minimum Gasteiger partial charge on any atom is -0.497 e. The summed E-state index contributed by atoms with van der Waals surface area (Å²) in [5.74, 6) is 1.61. The van der Waals surface area contributed by atoms with E-state index in [0.717, 1.165) is 48.2 Å². The molecule has 2 aliphatic heterocycles. The maximum atomic E-state index is 12.5. The van der Waals surface area contributed by atoms with Crippen molar-refractivity contribution < 1.29 is 14.3 Å². The van der Waals surface area contributed by atoms with Crippen molar-refractivity contribution in [3.05, 3.63) is 30.5 Å². The normalized spacial score (nSPS) is 22.4. The van der Waals surface area contributed by atoms with E-state index in [0.29, 0.717) is 19.6 Å². The smallest absolute Gasteiger partial charge is 0.237 e. The molecule has 0 radical (unpaired) electrons. The molecule has 0 saturated carbocycles. The van der Waals surface area contributed by atoms with Gasteiger partial charge in [0.15, 0.2) is 0 Å². The van der Waals surface area contributed by atoms with Gasteiger partial charge >= 0.3 is 0 Å². The maximum absolute atomic E-state index is 12.5. The number of nitrogens with zero attached hydrogens (tertiary/aromatic N) is 4. The number of aromatic nitrogens is 1. The van der Waals surface area contributed by atoms with Crippen LogP contribution in [0.3, 0.4) is 0 Å². The van der Waals surface area contributed by atoms with Gasteiger partial charge < -0.3 is 14.4 Å². The molecule has 146 valence electrons. The van der Waals surface area contributed by atoms with Crippen molar-refractivity contribution in [3.8, 4) is 17.6 Å². The first kappa shape index (κ1) is 18.5. The van der Waals surface area contributed by atoms with Crippen LogP contribution < -0.4 is 9.47 Å². The van der Waals surface area contributed by atoms with Crippen LogP contribution >= 0.6 is 0 Å². The second-order valence-electron chi connectivity index (χ2n) is 7.33. The zero-order valence-electron chi connectivity index (χ0n) is 16.0. The summed E-state index contributed by atoms with van der Waals surface area (Å²) >= 11 is 0. The van der Waals surface area contributed by atoms with Crippen molar-refractivity contribution in [2.75, 3.05) is 33.3 Å². The summed E-state index contributed by atoms with van der Waals surface area (Å²) < 4.78 is 11.5. The number of carbonyl (C=O) groups is 1. The fraction of sp³-hybridized carbons (Fsp3) is 0.476. The van der Waals surface area contributed by atoms with Crippen LogP contribution in [0.25, 0.3) is 10.9 Å². The SMILES string of the molecule is COc1ccc2c(OC3CCN(CC(=O)N4CCCC4C#N)C3)ccnc2c1. The number of hydrogen-bond acceptors (Lipinski definition) is 6. The van der Waals surface area contributed by atoms with E-state index < -0.39 is 0 Å². The predicted molar refractivity (Wildman–Crippen MR) is 104 cm³/mol. The van der Waals surface area contributed by atoms with E-state index in [1.54, 1.807) is 18.2 Å². The summed E-state index contributed by atoms with van der Waals surface area (Å²) in [6, 6.07) is 9.60. The Hall–Kier alpha value is -2.85. The fourth-order valence-corrected chi connectivity index (χ4v) is 4.03. The highest BCUT2D eigenvalue weighted by atomic mass is 16.5. The molecule has 3 heterocycles. The molecule has 28 heavy (non-hydrogen) atoms. The Morgan fingerprint density at radius 1 is 1.32 bits per heavy atom. The van der Waals surface area contributed by atoms with Crippen LogP contribution in [0.2, 0.25) is 0 Å². The van der Waals surface area contributed by atoms with Gasteiger partial charge in [-0.1, -0.05) is 0 Å². The van der Waals surface area contributed by atoms with E-state index in [4.69, 9.17) is 9.47 Å². The molecule has 2 unspecified atom stereocenters. The number of hydrogen-bond donors (Lipinski definition) is 0. The second-order valence-corrected chi connectivity index (χ2v) is 7.33. The zero-order valence-corrected chi connectivity index (χ0v) is 16.0. The molecule has 0 aliphatic carbocycles. The highest BCUT2D eigenvalue weighted by Gasteiger charge is 2.32. The zero-order chi connectivity index (χ0) is 19.5. The average Bonchev–Trinajstić information content (AvgIpc) is 3.37. The third-order valence-corrected chi connectivity index (χ3v) is 5.51. The largest absolute Gasteiger partial charge is 0.497 e. The van der Waals surface area contributed by atoms with E-state index in [2.05, 4.69) is 16.0 Å². The van der Waals surface area contributed by atoms with E-state index in [1.165, 1.54) is 0 Å². The predicted octanol–water partition coefficient (Wildman–Crippen LogP) is 2.21. The molecule has 7 heteroatoms. The average molecular weight is 380 g/mol. The lowest BCUT2D eigenvalue weighted by atomic mass is 10.2. The molecule has 0 bridgehead atoms. The monoisotopic (exact) mass is 380 g/mol. The molecule has 2 fully saturated rings. The topological polar surface area (TPSA) is 78.7 Å². The Labute approximate surface area is 164 Å². The molecule has 0 N–H and O–H groups in total. The van der Waals surface area contributed by atoms with Gasteiger partial charge in [-0.3, -0.25) is 14.7 Å². The summed E-state index contributed by atoms with van der Waals surface area (Å²) in [6.07, 6.45) is 4.34. The minimum atomic E-state index is -0.262. The number of carbonyl (C=O) groups excluding carboxylic acids is 1. The summed E-state index contributed by atoms with van der Waals surface area (Å²) in [4.78, 5) is 20.8. The van der Waals surface area contributed by atoms with Gasteiger partial charge in [-0.05, 0) is 37.5 Å². The molecular weight excluding hydrogens is 356 g/mol. The van der Waals surface area contributed by atoms with Crippen molar-refractivity contribution in [3.63, 3.8) is 0 Å². The lowest BCUT2D eigenvalue weighted by molar-refractivity contribution is -0.132. The molecule has 2 saturated heterocycles. The van der Waals surface area contributed by atoms with Gasteiger partial charge in [-0.2, -0.15) is 5.26 Å². The van der Waals surface area contributed by atoms with Gasteiger partial charge in [0.25, 0.3) is 0 Å². The van der Waals surface area contributed by atoms with Crippen molar-refractivity contribution >= 4 is 16.8 Å². The maximum Gasteiger partial charge on any atom is 0.237 e. The first-order valence-corrected chi connectivity index (χ1v) is 9.69. The van der Waals surface area contributed by atoms with Crippen molar-refractivity contribution in [2.24, 2.45) is 0 Å². The van der Waals surface area contributed by atoms with E-state index >= 15 is 0 Å². The Morgan fingerprint density at radius 3 is 3.04 bits per heavy atom. The summed E-state index contributed by atoms with van der Waals surface area (Å²) in [6.45, 7) is 2.57. The summed E-state index contributed by atoms with van der Waals surface area (Å²) in [5.41, 5.74) is 0.832. The van der Waals surface area contributed by atoms with Gasteiger partial charge in [-0.25, -0.2) is 0 Å². The molecule has 7 nitrogen and oxygen atoms in total. The third kappa shape index (κ3) is 3.73. The fourth-order valence-electron chi connectivity index (χ4n) is 4.03. The molecule has 0 spiro atoms. The molecule has 2 atom stereocenters. The van der Waals surface area contributed by atoms with Gasteiger partial charge in [0, 0.05) is 37.3 Å². The van der Waals surface area contributed by atoms with Crippen LogP contribution in [0.5, 0.6) is 11.5 Å². The minimum absolute atomic E-state index is 0.0332. The van der Waals surface area contributed by atoms with Crippen molar-refractivity contribution in [2.45, 2.75) is 31.4 Å². The molecule has 1 amide bonds. The lowest BCUT2D eigenvalue weighted by Gasteiger charge is -2.23. The van der Waals surface area contributed by atoms with Gasteiger partial charge in [0.05, 0.1) is 25.2 Å². The second kappa shape index (κ2) is 8.03. The number of methoxy groups -OCH3 is 1.